The number of nitrogens with one attached hydrogen (secondary N) is 2. The second kappa shape index (κ2) is 12.8. The van der Waals surface area contributed by atoms with Crippen LogP contribution in [0.1, 0.15) is 29.3 Å². The van der Waals surface area contributed by atoms with Gasteiger partial charge in [0.05, 0.1) is 24.9 Å². The summed E-state index contributed by atoms with van der Waals surface area (Å²) in [5.74, 6) is -8.24. The lowest BCUT2D eigenvalue weighted by atomic mass is 9.88. The number of carboxylic acid groups (broad SMARTS) is 1. The highest BCUT2D eigenvalue weighted by Crippen LogP contribution is 2.34. The Kier molecular flexibility index (Phi) is 9.93. The summed E-state index contributed by atoms with van der Waals surface area (Å²) in [5.41, 5.74) is -0.149. The molecule has 2 aromatic rings. The largest absolute Gasteiger partial charge is 0.477 e. The number of ether oxygens (including phenoxy) is 2. The van der Waals surface area contributed by atoms with E-state index in [9.17, 15) is 43.6 Å². The van der Waals surface area contributed by atoms with E-state index >= 15 is 0 Å². The van der Waals surface area contributed by atoms with Gasteiger partial charge >= 0.3 is 5.97 Å². The highest BCUT2D eigenvalue weighted by Gasteiger charge is 2.55. The molecule has 2 aromatic carbocycles. The fraction of sp³-hybridized carbons (Fsp3) is 0.400. The molecule has 1 aliphatic heterocycles. The molecule has 14 heteroatoms. The third-order valence-electron chi connectivity index (χ3n) is 6.07. The SMILES string of the molecule is CC(=O)N[C@H]1[C@H]([C@H](O)[C@@H](O)CNC(=O)c2ccc(Cl)cc2)O[C@](OCc2cccc(F)c2F)(C(=O)O)C[C@@H]1O. The molecule has 6 atom stereocenters. The standard InChI is InChI=1S/C25H27ClF2N2O9/c1-12(31)30-20-17(32)9-25(24(36)37,38-11-14-3-2-4-16(27)19(14)28)39-22(20)21(34)18(33)10-29-23(35)13-5-7-15(26)8-6-13/h2-8,17-18,20-22,32-34H,9-11H2,1H3,(H,29,35)(H,30,31)(H,36,37)/t17-,18-,20+,21+,22+,25-/m0/s1. The molecule has 212 valence electrons. The van der Waals surface area contributed by atoms with Crippen LogP contribution >= 0.6 is 11.6 Å². The van der Waals surface area contributed by atoms with Crippen molar-refractivity contribution in [2.24, 2.45) is 0 Å². The predicted molar refractivity (Wildman–Crippen MR) is 130 cm³/mol. The van der Waals surface area contributed by atoms with Gasteiger partial charge in [0.2, 0.25) is 5.91 Å². The van der Waals surface area contributed by atoms with Gasteiger partial charge in [0, 0.05) is 36.0 Å². The topological polar surface area (TPSA) is 175 Å². The maximum Gasteiger partial charge on any atom is 0.364 e. The Balaban J connectivity index is 1.80. The van der Waals surface area contributed by atoms with Crippen LogP contribution in [-0.4, -0.2) is 81.0 Å². The van der Waals surface area contributed by atoms with Crippen molar-refractivity contribution in [3.05, 3.63) is 70.2 Å². The second-order valence-corrected chi connectivity index (χ2v) is 9.35. The van der Waals surface area contributed by atoms with Crippen molar-refractivity contribution in [1.29, 1.82) is 0 Å². The Bertz CT molecular complexity index is 1200. The molecule has 1 aliphatic rings. The normalized spacial score (nSPS) is 24.4. The summed E-state index contributed by atoms with van der Waals surface area (Å²) in [6, 6.07) is 7.55. The molecule has 0 unspecified atom stereocenters. The van der Waals surface area contributed by atoms with Gasteiger partial charge in [-0.15, -0.1) is 0 Å². The van der Waals surface area contributed by atoms with Crippen molar-refractivity contribution < 1.29 is 53.1 Å². The monoisotopic (exact) mass is 572 g/mol. The maximum absolute atomic E-state index is 14.1. The Labute approximate surface area is 226 Å². The van der Waals surface area contributed by atoms with Crippen LogP contribution in [0.25, 0.3) is 0 Å². The number of aliphatic hydroxyl groups is 3. The summed E-state index contributed by atoms with van der Waals surface area (Å²) in [6.45, 7) is -0.238. The number of hydrogen-bond donors (Lipinski definition) is 6. The quantitative estimate of drug-likeness (QED) is 0.240. The lowest BCUT2D eigenvalue weighted by Crippen LogP contribution is -2.68. The van der Waals surface area contributed by atoms with Gasteiger partial charge in [-0.1, -0.05) is 23.7 Å². The van der Waals surface area contributed by atoms with E-state index in [4.69, 9.17) is 21.1 Å². The molecule has 3 rings (SSSR count). The van der Waals surface area contributed by atoms with Crippen molar-refractivity contribution in [2.45, 2.75) is 56.2 Å². The van der Waals surface area contributed by atoms with Gasteiger partial charge in [0.15, 0.2) is 11.6 Å². The number of carbonyl (C=O) groups is 3. The molecule has 1 fully saturated rings. The first-order valence-corrected chi connectivity index (χ1v) is 12.1. The minimum Gasteiger partial charge on any atom is -0.477 e. The number of benzene rings is 2. The molecule has 6 N–H and O–H groups in total. The van der Waals surface area contributed by atoms with Gasteiger partial charge in [0.1, 0.15) is 12.2 Å². The Morgan fingerprint density at radius 1 is 1.18 bits per heavy atom. The van der Waals surface area contributed by atoms with Gasteiger partial charge in [-0.05, 0) is 30.3 Å². The van der Waals surface area contributed by atoms with Crippen LogP contribution in [0.5, 0.6) is 0 Å². The number of carboxylic acids is 1. The average molecular weight is 573 g/mol. The van der Waals surface area contributed by atoms with E-state index in [1.807, 2.05) is 0 Å². The van der Waals surface area contributed by atoms with Crippen molar-refractivity contribution in [1.82, 2.24) is 10.6 Å². The number of aliphatic carboxylic acids is 1. The maximum atomic E-state index is 14.1. The molecule has 0 aliphatic carbocycles. The van der Waals surface area contributed by atoms with Gasteiger partial charge in [-0.25, -0.2) is 13.6 Å². The minimum absolute atomic E-state index is 0.199. The first kappa shape index (κ1) is 30.3. The van der Waals surface area contributed by atoms with Crippen molar-refractivity contribution in [3.63, 3.8) is 0 Å². The number of rotatable bonds is 10. The zero-order valence-corrected chi connectivity index (χ0v) is 21.3. The Hall–Kier alpha value is -3.20. The number of halogens is 3. The predicted octanol–water partition coefficient (Wildman–Crippen LogP) is 0.722. The van der Waals surface area contributed by atoms with E-state index in [1.54, 1.807) is 0 Å². The zero-order valence-electron chi connectivity index (χ0n) is 20.5. The van der Waals surface area contributed by atoms with E-state index < -0.39 is 85.2 Å². The third-order valence-corrected chi connectivity index (χ3v) is 6.32. The summed E-state index contributed by atoms with van der Waals surface area (Å²) in [5, 5.41) is 47.2. The van der Waals surface area contributed by atoms with Crippen LogP contribution in [0.3, 0.4) is 0 Å². The van der Waals surface area contributed by atoms with E-state index in [0.717, 1.165) is 19.1 Å². The van der Waals surface area contributed by atoms with Crippen LogP contribution in [0.4, 0.5) is 8.78 Å². The Morgan fingerprint density at radius 3 is 2.46 bits per heavy atom. The third kappa shape index (κ3) is 7.26. The minimum atomic E-state index is -2.69. The van der Waals surface area contributed by atoms with E-state index in [-0.39, 0.29) is 11.1 Å². The van der Waals surface area contributed by atoms with Gasteiger partial charge in [0.25, 0.3) is 11.7 Å². The van der Waals surface area contributed by atoms with Crippen LogP contribution < -0.4 is 10.6 Å². The molecule has 0 bridgehead atoms. The number of carbonyl (C=O) groups excluding carboxylic acids is 2. The molecule has 11 nitrogen and oxygen atoms in total. The van der Waals surface area contributed by atoms with Crippen LogP contribution in [0.15, 0.2) is 42.5 Å². The average Bonchev–Trinajstić information content (AvgIpc) is 2.88. The molecule has 0 spiro atoms. The molecule has 0 radical (unpaired) electrons. The first-order valence-electron chi connectivity index (χ1n) is 11.7. The fourth-order valence-corrected chi connectivity index (χ4v) is 4.17. The Morgan fingerprint density at radius 2 is 1.85 bits per heavy atom. The second-order valence-electron chi connectivity index (χ2n) is 8.91. The van der Waals surface area contributed by atoms with Crippen molar-refractivity contribution in [2.75, 3.05) is 6.54 Å². The smallest absolute Gasteiger partial charge is 0.364 e. The molecule has 1 saturated heterocycles. The van der Waals surface area contributed by atoms with E-state index in [1.165, 1.54) is 30.3 Å². The number of amides is 2. The summed E-state index contributed by atoms with van der Waals surface area (Å²) in [6.07, 6.45) is -8.01. The summed E-state index contributed by atoms with van der Waals surface area (Å²) >= 11 is 5.79. The van der Waals surface area contributed by atoms with Crippen molar-refractivity contribution in [3.8, 4) is 0 Å². The lowest BCUT2D eigenvalue weighted by molar-refractivity contribution is -0.314. The van der Waals surface area contributed by atoms with Gasteiger partial charge in [-0.2, -0.15) is 0 Å². The van der Waals surface area contributed by atoms with Crippen molar-refractivity contribution >= 4 is 29.4 Å². The molecular formula is C25H27ClF2N2O9. The highest BCUT2D eigenvalue weighted by atomic mass is 35.5. The lowest BCUT2D eigenvalue weighted by Gasteiger charge is -2.46. The zero-order chi connectivity index (χ0) is 28.9. The number of hydrogen-bond acceptors (Lipinski definition) is 8. The molecular weight excluding hydrogens is 546 g/mol. The van der Waals surface area contributed by atoms with Gasteiger partial charge < -0.3 is 40.5 Å². The van der Waals surface area contributed by atoms with E-state index in [2.05, 4.69) is 10.6 Å². The summed E-state index contributed by atoms with van der Waals surface area (Å²) in [7, 11) is 0. The molecule has 39 heavy (non-hydrogen) atoms. The van der Waals surface area contributed by atoms with Gasteiger partial charge in [-0.3, -0.25) is 9.59 Å². The van der Waals surface area contributed by atoms with E-state index in [0.29, 0.717) is 5.02 Å². The number of aliphatic hydroxyl groups excluding tert-OH is 3. The molecule has 1 heterocycles. The van der Waals surface area contributed by atoms with Crippen LogP contribution in [0.2, 0.25) is 5.02 Å². The molecule has 0 aromatic heterocycles. The fourth-order valence-electron chi connectivity index (χ4n) is 4.04. The summed E-state index contributed by atoms with van der Waals surface area (Å²) < 4.78 is 38.6. The first-order chi connectivity index (χ1) is 18.3. The molecule has 0 saturated carbocycles. The van der Waals surface area contributed by atoms with Crippen LogP contribution in [-0.2, 0) is 25.7 Å². The highest BCUT2D eigenvalue weighted by molar-refractivity contribution is 6.30. The summed E-state index contributed by atoms with van der Waals surface area (Å²) in [4.78, 5) is 36.3. The van der Waals surface area contributed by atoms with Crippen LogP contribution in [0, 0.1) is 11.6 Å². The molecule has 2 amide bonds.